The van der Waals surface area contributed by atoms with E-state index < -0.39 is 0 Å². The number of hydrogen-bond acceptors (Lipinski definition) is 2. The molecule has 1 aliphatic heterocycles. The Morgan fingerprint density at radius 2 is 2.00 bits per heavy atom. The number of carbonyl (C=O) groups excluding carboxylic acids is 1. The van der Waals surface area contributed by atoms with Crippen LogP contribution in [0, 0.1) is 0 Å². The smallest absolute Gasteiger partial charge is 0.249 e. The van der Waals surface area contributed by atoms with Crippen molar-refractivity contribution in [3.8, 4) is 0 Å². The number of nitrogens with zero attached hydrogens (tertiary/aromatic N) is 1. The third kappa shape index (κ3) is 3.34. The molecule has 16 heavy (non-hydrogen) atoms. The molecule has 0 aromatic rings. The van der Waals surface area contributed by atoms with Crippen molar-refractivity contribution in [2.24, 2.45) is 0 Å². The second kappa shape index (κ2) is 6.69. The Hall–Kier alpha value is -0.830. The van der Waals surface area contributed by atoms with E-state index in [4.69, 9.17) is 0 Å². The van der Waals surface area contributed by atoms with Gasteiger partial charge >= 0.3 is 0 Å². The van der Waals surface area contributed by atoms with Crippen LogP contribution in [-0.2, 0) is 4.79 Å². The summed E-state index contributed by atoms with van der Waals surface area (Å²) in [6.07, 6.45) is 5.12. The molecule has 0 spiro atoms. The Morgan fingerprint density at radius 3 is 2.50 bits per heavy atom. The van der Waals surface area contributed by atoms with Crippen molar-refractivity contribution < 1.29 is 4.79 Å². The van der Waals surface area contributed by atoms with Crippen molar-refractivity contribution in [3.05, 3.63) is 11.6 Å². The molecule has 1 fully saturated rings. The third-order valence-electron chi connectivity index (χ3n) is 3.20. The largest absolute Gasteiger partial charge is 0.336 e. The van der Waals surface area contributed by atoms with Crippen molar-refractivity contribution in [2.45, 2.75) is 46.1 Å². The maximum absolute atomic E-state index is 12.2. The molecule has 0 saturated carbocycles. The van der Waals surface area contributed by atoms with Gasteiger partial charge in [-0.25, -0.2) is 0 Å². The highest BCUT2D eigenvalue weighted by Gasteiger charge is 2.24. The quantitative estimate of drug-likeness (QED) is 0.740. The minimum Gasteiger partial charge on any atom is -0.336 e. The Bertz CT molecular complexity index is 255. The van der Waals surface area contributed by atoms with Crippen LogP contribution < -0.4 is 5.32 Å². The summed E-state index contributed by atoms with van der Waals surface area (Å²) >= 11 is 0. The van der Waals surface area contributed by atoms with Crippen molar-refractivity contribution in [2.75, 3.05) is 19.6 Å². The summed E-state index contributed by atoms with van der Waals surface area (Å²) in [4.78, 5) is 14.2. The van der Waals surface area contributed by atoms with E-state index >= 15 is 0 Å². The van der Waals surface area contributed by atoms with Gasteiger partial charge in [-0.1, -0.05) is 13.0 Å². The van der Waals surface area contributed by atoms with Crippen molar-refractivity contribution in [3.63, 3.8) is 0 Å². The molecule has 0 unspecified atom stereocenters. The van der Waals surface area contributed by atoms with Crippen LogP contribution in [0.3, 0.4) is 0 Å². The van der Waals surface area contributed by atoms with Gasteiger partial charge in [0.25, 0.3) is 0 Å². The molecule has 1 amide bonds. The Morgan fingerprint density at radius 1 is 1.38 bits per heavy atom. The highest BCUT2D eigenvalue weighted by Crippen LogP contribution is 2.14. The zero-order valence-electron chi connectivity index (χ0n) is 10.8. The summed E-state index contributed by atoms with van der Waals surface area (Å²) in [5, 5.41) is 3.33. The maximum Gasteiger partial charge on any atom is 0.249 e. The van der Waals surface area contributed by atoms with Crippen LogP contribution in [0.5, 0.6) is 0 Å². The molecule has 0 aromatic carbocycles. The first kappa shape index (κ1) is 13.2. The molecule has 92 valence electrons. The minimum absolute atomic E-state index is 0.219. The fourth-order valence-electron chi connectivity index (χ4n) is 2.31. The van der Waals surface area contributed by atoms with E-state index in [1.807, 2.05) is 17.9 Å². The molecular weight excluding hydrogens is 200 g/mol. The summed E-state index contributed by atoms with van der Waals surface area (Å²) < 4.78 is 0. The first-order valence-corrected chi connectivity index (χ1v) is 6.39. The summed E-state index contributed by atoms with van der Waals surface area (Å²) in [6, 6.07) is 0.430. The van der Waals surface area contributed by atoms with Crippen LogP contribution in [0.4, 0.5) is 0 Å². The molecular formula is C13H24N2O. The number of piperidine rings is 1. The topological polar surface area (TPSA) is 32.3 Å². The van der Waals surface area contributed by atoms with Crippen LogP contribution in [0.15, 0.2) is 11.6 Å². The summed E-state index contributed by atoms with van der Waals surface area (Å²) in [7, 11) is 0. The lowest BCUT2D eigenvalue weighted by molar-refractivity contribution is -0.129. The molecule has 0 aromatic heterocycles. The van der Waals surface area contributed by atoms with E-state index in [0.717, 1.165) is 44.5 Å². The summed E-state index contributed by atoms with van der Waals surface area (Å²) in [5.74, 6) is 0.219. The SMILES string of the molecule is CC/C=C(\C)C(=O)N(CC)C1CCNCC1. The highest BCUT2D eigenvalue weighted by atomic mass is 16.2. The van der Waals surface area contributed by atoms with Crippen molar-refractivity contribution in [1.82, 2.24) is 10.2 Å². The molecule has 1 saturated heterocycles. The Balaban J connectivity index is 2.65. The zero-order chi connectivity index (χ0) is 12.0. The van der Waals surface area contributed by atoms with Crippen LogP contribution in [0.2, 0.25) is 0 Å². The number of amides is 1. The maximum atomic E-state index is 12.2. The summed E-state index contributed by atoms with van der Waals surface area (Å²) in [5.41, 5.74) is 0.892. The predicted molar refractivity (Wildman–Crippen MR) is 67.3 cm³/mol. The van der Waals surface area contributed by atoms with Crippen LogP contribution in [0.25, 0.3) is 0 Å². The molecule has 3 heteroatoms. The van der Waals surface area contributed by atoms with E-state index in [1.54, 1.807) is 0 Å². The Labute approximate surface area is 98.9 Å². The third-order valence-corrected chi connectivity index (χ3v) is 3.20. The molecule has 1 heterocycles. The Kier molecular flexibility index (Phi) is 5.53. The lowest BCUT2D eigenvalue weighted by atomic mass is 10.0. The molecule has 1 rings (SSSR count). The van der Waals surface area contributed by atoms with E-state index in [1.165, 1.54) is 0 Å². The van der Waals surface area contributed by atoms with E-state index in [9.17, 15) is 4.79 Å². The van der Waals surface area contributed by atoms with Gasteiger partial charge in [-0.15, -0.1) is 0 Å². The van der Waals surface area contributed by atoms with Gasteiger partial charge in [0.05, 0.1) is 0 Å². The first-order chi connectivity index (χ1) is 7.70. The monoisotopic (exact) mass is 224 g/mol. The van der Waals surface area contributed by atoms with E-state index in [0.29, 0.717) is 6.04 Å². The predicted octanol–water partition coefficient (Wildman–Crippen LogP) is 1.94. The minimum atomic E-state index is 0.219. The number of nitrogens with one attached hydrogen (secondary N) is 1. The number of hydrogen-bond donors (Lipinski definition) is 1. The van der Waals surface area contributed by atoms with Crippen LogP contribution >= 0.6 is 0 Å². The number of allylic oxidation sites excluding steroid dienone is 1. The van der Waals surface area contributed by atoms with Crippen molar-refractivity contribution in [1.29, 1.82) is 0 Å². The zero-order valence-corrected chi connectivity index (χ0v) is 10.8. The van der Waals surface area contributed by atoms with Gasteiger partial charge in [-0.05, 0) is 46.2 Å². The number of likely N-dealkylation sites (N-methyl/N-ethyl adjacent to an activating group) is 1. The fraction of sp³-hybridized carbons (Fsp3) is 0.769. The molecule has 0 atom stereocenters. The van der Waals surface area contributed by atoms with Gasteiger partial charge in [0.1, 0.15) is 0 Å². The van der Waals surface area contributed by atoms with Gasteiger partial charge in [0, 0.05) is 18.2 Å². The second-order valence-electron chi connectivity index (χ2n) is 4.37. The first-order valence-electron chi connectivity index (χ1n) is 6.39. The average molecular weight is 224 g/mol. The van der Waals surface area contributed by atoms with Crippen LogP contribution in [0.1, 0.15) is 40.0 Å². The standard InChI is InChI=1S/C13H24N2O/c1-4-6-11(3)13(16)15(5-2)12-7-9-14-10-8-12/h6,12,14H,4-5,7-10H2,1-3H3/b11-6+. The molecule has 0 bridgehead atoms. The van der Waals surface area contributed by atoms with Gasteiger partial charge in [0.15, 0.2) is 0 Å². The van der Waals surface area contributed by atoms with E-state index in [-0.39, 0.29) is 5.91 Å². The highest BCUT2D eigenvalue weighted by molar-refractivity contribution is 5.93. The van der Waals surface area contributed by atoms with Crippen LogP contribution in [-0.4, -0.2) is 36.5 Å². The van der Waals surface area contributed by atoms with Crippen molar-refractivity contribution >= 4 is 5.91 Å². The lowest BCUT2D eigenvalue weighted by Crippen LogP contribution is -2.46. The van der Waals surface area contributed by atoms with Gasteiger partial charge < -0.3 is 10.2 Å². The van der Waals surface area contributed by atoms with Gasteiger partial charge in [-0.2, -0.15) is 0 Å². The molecule has 0 aliphatic carbocycles. The summed E-state index contributed by atoms with van der Waals surface area (Å²) in [6.45, 7) is 8.95. The lowest BCUT2D eigenvalue weighted by Gasteiger charge is -2.34. The normalized spacial score (nSPS) is 18.6. The van der Waals surface area contributed by atoms with Gasteiger partial charge in [0.2, 0.25) is 5.91 Å². The second-order valence-corrected chi connectivity index (χ2v) is 4.37. The fourth-order valence-corrected chi connectivity index (χ4v) is 2.31. The molecule has 1 aliphatic rings. The average Bonchev–Trinajstić information content (AvgIpc) is 2.31. The van der Waals surface area contributed by atoms with Gasteiger partial charge in [-0.3, -0.25) is 4.79 Å². The number of carbonyl (C=O) groups is 1. The number of rotatable bonds is 4. The van der Waals surface area contributed by atoms with E-state index in [2.05, 4.69) is 19.2 Å². The molecule has 1 N–H and O–H groups in total. The molecule has 3 nitrogen and oxygen atoms in total. The molecule has 0 radical (unpaired) electrons.